The van der Waals surface area contributed by atoms with Crippen LogP contribution in [0.15, 0.2) is 54.6 Å². The average Bonchev–Trinajstić information content (AvgIpc) is 2.90. The second-order valence-corrected chi connectivity index (χ2v) is 5.68. The zero-order chi connectivity index (χ0) is 16.2. The Morgan fingerprint density at radius 3 is 2.57 bits per heavy atom. The third kappa shape index (κ3) is 3.67. The lowest BCUT2D eigenvalue weighted by Crippen LogP contribution is -2.19. The van der Waals surface area contributed by atoms with Gasteiger partial charge in [-0.1, -0.05) is 29.8 Å². The monoisotopic (exact) mass is 344 g/mol. The Balaban J connectivity index is 1.83. The fraction of sp³-hybridized carbons (Fsp3) is 0.0625. The van der Waals surface area contributed by atoms with Gasteiger partial charge in [-0.25, -0.2) is 0 Å². The van der Waals surface area contributed by atoms with Crippen LogP contribution >= 0.6 is 23.8 Å². The molecule has 0 saturated heterocycles. The molecule has 7 heteroatoms. The smallest absolute Gasteiger partial charge is 0.244 e. The van der Waals surface area contributed by atoms with Crippen LogP contribution in [-0.4, -0.2) is 20.7 Å². The van der Waals surface area contributed by atoms with E-state index >= 15 is 0 Å². The number of carbonyl (C=O) groups excluding carboxylic acids is 1. The van der Waals surface area contributed by atoms with Gasteiger partial charge in [0.1, 0.15) is 6.54 Å². The zero-order valence-electron chi connectivity index (χ0n) is 12.0. The Bertz CT molecular complexity index is 871. The summed E-state index contributed by atoms with van der Waals surface area (Å²) in [6, 6.07) is 16.5. The van der Waals surface area contributed by atoms with Crippen molar-refractivity contribution in [2.24, 2.45) is 0 Å². The molecular formula is C16H13ClN4OS. The minimum atomic E-state index is -0.177. The molecule has 0 atom stereocenters. The highest BCUT2D eigenvalue weighted by atomic mass is 35.5. The number of aromatic amines is 1. The number of halogens is 1. The lowest BCUT2D eigenvalue weighted by molar-refractivity contribution is -0.116. The first-order valence-electron chi connectivity index (χ1n) is 6.89. The van der Waals surface area contributed by atoms with Crippen LogP contribution < -0.4 is 5.32 Å². The van der Waals surface area contributed by atoms with Crippen molar-refractivity contribution in [3.63, 3.8) is 0 Å². The molecule has 0 radical (unpaired) electrons. The van der Waals surface area contributed by atoms with Crippen LogP contribution in [-0.2, 0) is 11.3 Å². The van der Waals surface area contributed by atoms with Crippen LogP contribution in [0.3, 0.4) is 0 Å². The molecule has 1 aromatic heterocycles. The van der Waals surface area contributed by atoms with Crippen LogP contribution in [0, 0.1) is 4.77 Å². The van der Waals surface area contributed by atoms with Gasteiger partial charge in [0.2, 0.25) is 5.91 Å². The molecule has 2 aromatic carbocycles. The molecule has 2 N–H and O–H groups in total. The zero-order valence-corrected chi connectivity index (χ0v) is 13.6. The summed E-state index contributed by atoms with van der Waals surface area (Å²) in [6.07, 6.45) is 0. The normalized spacial score (nSPS) is 10.5. The van der Waals surface area contributed by atoms with Crippen molar-refractivity contribution in [2.75, 3.05) is 5.32 Å². The summed E-state index contributed by atoms with van der Waals surface area (Å²) in [5, 5.41) is 10.4. The van der Waals surface area contributed by atoms with E-state index in [1.165, 1.54) is 0 Å². The van der Waals surface area contributed by atoms with Crippen molar-refractivity contribution in [1.29, 1.82) is 0 Å². The third-order valence-corrected chi connectivity index (χ3v) is 3.78. The van der Waals surface area contributed by atoms with E-state index in [4.69, 9.17) is 23.8 Å². The van der Waals surface area contributed by atoms with Gasteiger partial charge in [0.05, 0.1) is 0 Å². The molecule has 1 heterocycles. The van der Waals surface area contributed by atoms with Gasteiger partial charge in [-0.2, -0.15) is 5.10 Å². The van der Waals surface area contributed by atoms with E-state index in [-0.39, 0.29) is 12.5 Å². The molecule has 23 heavy (non-hydrogen) atoms. The molecule has 0 spiro atoms. The fourth-order valence-electron chi connectivity index (χ4n) is 2.15. The number of para-hydroxylation sites is 1. The first-order valence-corrected chi connectivity index (χ1v) is 7.68. The summed E-state index contributed by atoms with van der Waals surface area (Å²) < 4.78 is 2.04. The number of benzene rings is 2. The molecule has 116 valence electrons. The second-order valence-electron chi connectivity index (χ2n) is 4.86. The number of hydrogen-bond donors (Lipinski definition) is 2. The molecule has 0 fully saturated rings. The third-order valence-electron chi connectivity index (χ3n) is 3.22. The summed E-state index contributed by atoms with van der Waals surface area (Å²) in [5.74, 6) is 0.416. The van der Waals surface area contributed by atoms with Gasteiger partial charge in [-0.15, -0.1) is 0 Å². The highest BCUT2D eigenvalue weighted by molar-refractivity contribution is 7.71. The van der Waals surface area contributed by atoms with Crippen molar-refractivity contribution in [3.8, 4) is 11.4 Å². The molecule has 5 nitrogen and oxygen atoms in total. The van der Waals surface area contributed by atoms with E-state index < -0.39 is 0 Å². The van der Waals surface area contributed by atoms with Gasteiger partial charge in [-0.05, 0) is 48.6 Å². The minimum absolute atomic E-state index is 0.0716. The molecule has 0 saturated carbocycles. The predicted octanol–water partition coefficient (Wildman–Crippen LogP) is 3.90. The Hall–Kier alpha value is -2.44. The summed E-state index contributed by atoms with van der Waals surface area (Å²) in [7, 11) is 0. The van der Waals surface area contributed by atoms with E-state index in [2.05, 4.69) is 15.5 Å². The molecule has 0 aliphatic carbocycles. The lowest BCUT2D eigenvalue weighted by atomic mass is 10.2. The van der Waals surface area contributed by atoms with Gasteiger partial charge in [0, 0.05) is 16.3 Å². The highest BCUT2D eigenvalue weighted by Gasteiger charge is 2.12. The van der Waals surface area contributed by atoms with Crippen molar-refractivity contribution in [2.45, 2.75) is 6.54 Å². The quantitative estimate of drug-likeness (QED) is 0.705. The van der Waals surface area contributed by atoms with Crippen molar-refractivity contribution in [3.05, 3.63) is 64.4 Å². The average molecular weight is 345 g/mol. The molecule has 3 aromatic rings. The number of H-pyrrole nitrogens is 1. The standard InChI is InChI=1S/C16H13ClN4OS/c17-12-8-6-11(7-9-12)15-19-20-16(23)21(15)10-14(22)18-13-4-2-1-3-5-13/h1-9H,10H2,(H,18,22)(H,20,23). The number of amides is 1. The second kappa shape index (κ2) is 6.76. The van der Waals surface area contributed by atoms with E-state index in [1.807, 2.05) is 42.5 Å². The van der Waals surface area contributed by atoms with E-state index in [9.17, 15) is 4.79 Å². The number of aromatic nitrogens is 3. The summed E-state index contributed by atoms with van der Waals surface area (Å²) in [5.41, 5.74) is 1.56. The molecule has 0 aliphatic rings. The van der Waals surface area contributed by atoms with Gasteiger partial charge >= 0.3 is 0 Å². The first kappa shape index (κ1) is 15.5. The van der Waals surface area contributed by atoms with Crippen molar-refractivity contribution < 1.29 is 4.79 Å². The molecule has 1 amide bonds. The maximum absolute atomic E-state index is 12.2. The van der Waals surface area contributed by atoms with Gasteiger partial charge in [0.25, 0.3) is 0 Å². The highest BCUT2D eigenvalue weighted by Crippen LogP contribution is 2.20. The van der Waals surface area contributed by atoms with Gasteiger partial charge in [0.15, 0.2) is 10.6 Å². The van der Waals surface area contributed by atoms with Crippen LogP contribution in [0.2, 0.25) is 5.02 Å². The fourth-order valence-corrected chi connectivity index (χ4v) is 2.47. The molecule has 3 rings (SSSR count). The van der Waals surface area contributed by atoms with E-state index in [0.717, 1.165) is 11.3 Å². The van der Waals surface area contributed by atoms with Crippen molar-refractivity contribution in [1.82, 2.24) is 14.8 Å². The number of rotatable bonds is 4. The Morgan fingerprint density at radius 1 is 1.17 bits per heavy atom. The molecule has 0 bridgehead atoms. The molecule has 0 unspecified atom stereocenters. The first-order chi connectivity index (χ1) is 11.1. The van der Waals surface area contributed by atoms with Crippen LogP contribution in [0.5, 0.6) is 0 Å². The predicted molar refractivity (Wildman–Crippen MR) is 92.9 cm³/mol. The maximum Gasteiger partial charge on any atom is 0.244 e. The summed E-state index contributed by atoms with van der Waals surface area (Å²) in [4.78, 5) is 12.2. The van der Waals surface area contributed by atoms with Crippen LogP contribution in [0.1, 0.15) is 0 Å². The topological polar surface area (TPSA) is 62.7 Å². The van der Waals surface area contributed by atoms with Gasteiger partial charge in [-0.3, -0.25) is 14.5 Å². The Labute approximate surface area is 142 Å². The Morgan fingerprint density at radius 2 is 1.87 bits per heavy atom. The number of hydrogen-bond acceptors (Lipinski definition) is 3. The number of nitrogens with one attached hydrogen (secondary N) is 2. The van der Waals surface area contributed by atoms with E-state index in [0.29, 0.717) is 15.6 Å². The minimum Gasteiger partial charge on any atom is -0.325 e. The molecule has 0 aliphatic heterocycles. The largest absolute Gasteiger partial charge is 0.325 e. The van der Waals surface area contributed by atoms with Gasteiger partial charge < -0.3 is 5.32 Å². The van der Waals surface area contributed by atoms with E-state index in [1.54, 1.807) is 16.7 Å². The van der Waals surface area contributed by atoms with Crippen LogP contribution in [0.25, 0.3) is 11.4 Å². The summed E-state index contributed by atoms with van der Waals surface area (Å²) >= 11 is 11.1. The number of carbonyl (C=O) groups is 1. The number of anilines is 1. The SMILES string of the molecule is O=C(Cn1c(-c2ccc(Cl)cc2)n[nH]c1=S)Nc1ccccc1. The maximum atomic E-state index is 12.2. The molecular weight excluding hydrogens is 332 g/mol. The van der Waals surface area contributed by atoms with Crippen molar-refractivity contribution >= 4 is 35.4 Å². The number of nitrogens with zero attached hydrogens (tertiary/aromatic N) is 2. The lowest BCUT2D eigenvalue weighted by Gasteiger charge is -2.08. The Kier molecular flexibility index (Phi) is 4.55. The summed E-state index contributed by atoms with van der Waals surface area (Å²) in [6.45, 7) is 0.0716. The van der Waals surface area contributed by atoms with Crippen LogP contribution in [0.4, 0.5) is 5.69 Å².